The summed E-state index contributed by atoms with van der Waals surface area (Å²) in [7, 11) is 0. The molecule has 68 valence electrons. The third-order valence-electron chi connectivity index (χ3n) is 1.75. The highest BCUT2D eigenvalue weighted by Crippen LogP contribution is 2.08. The highest BCUT2D eigenvalue weighted by molar-refractivity contribution is 6.09. The molecule has 0 saturated carbocycles. The zero-order valence-corrected chi connectivity index (χ0v) is 7.41. The normalized spacial score (nSPS) is 11.3. The van der Waals surface area contributed by atoms with Crippen LogP contribution in [0.5, 0.6) is 0 Å². The Balaban J connectivity index is 3.28. The van der Waals surface area contributed by atoms with Crippen LogP contribution in [0.2, 0.25) is 0 Å². The van der Waals surface area contributed by atoms with Gasteiger partial charge in [-0.2, -0.15) is 5.10 Å². The molecule has 0 bridgehead atoms. The quantitative estimate of drug-likeness (QED) is 0.267. The molecular weight excluding hydrogens is 164 g/mol. The van der Waals surface area contributed by atoms with Gasteiger partial charge >= 0.3 is 0 Å². The number of nitrogens with zero attached hydrogens (tertiary/aromatic N) is 1. The highest BCUT2D eigenvalue weighted by Gasteiger charge is 2.06. The average Bonchev–Trinajstić information content (AvgIpc) is 2.16. The monoisotopic (exact) mass is 176 g/mol. The van der Waals surface area contributed by atoms with E-state index in [4.69, 9.17) is 17.0 Å². The van der Waals surface area contributed by atoms with Crippen LogP contribution < -0.4 is 11.6 Å². The first-order valence-electron chi connectivity index (χ1n) is 3.85. The molecule has 4 heteroatoms. The molecule has 0 unspecified atom stereocenters. The minimum Gasteiger partial charge on any atom is -0.382 e. The van der Waals surface area contributed by atoms with Gasteiger partial charge < -0.3 is 17.0 Å². The zero-order chi connectivity index (χ0) is 9.84. The average molecular weight is 176 g/mol. The fourth-order valence-electron chi connectivity index (χ4n) is 1.10. The van der Waals surface area contributed by atoms with Crippen molar-refractivity contribution in [1.29, 1.82) is 5.41 Å². The van der Waals surface area contributed by atoms with Gasteiger partial charge in [-0.15, -0.1) is 0 Å². The fourth-order valence-corrected chi connectivity index (χ4v) is 1.10. The molecule has 0 atom stereocenters. The number of rotatable bonds is 2. The van der Waals surface area contributed by atoms with Gasteiger partial charge in [0.1, 0.15) is 0 Å². The van der Waals surface area contributed by atoms with Gasteiger partial charge in [0.15, 0.2) is 5.84 Å². The predicted molar refractivity (Wildman–Crippen MR) is 53.9 cm³/mol. The Bertz CT molecular complexity index is 354. The number of nitrogens with one attached hydrogen (secondary N) is 1. The first-order chi connectivity index (χ1) is 6.16. The first kappa shape index (κ1) is 9.25. The van der Waals surface area contributed by atoms with E-state index >= 15 is 0 Å². The largest absolute Gasteiger partial charge is 0.382 e. The van der Waals surface area contributed by atoms with Crippen LogP contribution in [0, 0.1) is 5.41 Å². The third-order valence-corrected chi connectivity index (χ3v) is 1.75. The number of hydrogen-bond acceptors (Lipinski definition) is 3. The molecule has 0 aliphatic heterocycles. The van der Waals surface area contributed by atoms with Gasteiger partial charge in [0, 0.05) is 16.8 Å². The summed E-state index contributed by atoms with van der Waals surface area (Å²) >= 11 is 0. The van der Waals surface area contributed by atoms with Crippen molar-refractivity contribution in [3.63, 3.8) is 0 Å². The standard InChI is InChI=1S/C9H12N4/c1-6(10)7-4-2-3-5-8(7)9(11)13-12/h2-5,10H,12H2,1H3,(H2,11,13). The molecule has 0 aliphatic rings. The Labute approximate surface area is 76.8 Å². The van der Waals surface area contributed by atoms with Crippen molar-refractivity contribution < 1.29 is 0 Å². The van der Waals surface area contributed by atoms with Crippen molar-refractivity contribution in [3.8, 4) is 0 Å². The van der Waals surface area contributed by atoms with Gasteiger partial charge in [-0.05, 0) is 6.92 Å². The van der Waals surface area contributed by atoms with Gasteiger partial charge in [-0.25, -0.2) is 0 Å². The van der Waals surface area contributed by atoms with Gasteiger partial charge in [0.05, 0.1) is 0 Å². The van der Waals surface area contributed by atoms with Crippen LogP contribution in [0.25, 0.3) is 0 Å². The molecule has 0 heterocycles. The Morgan fingerprint density at radius 2 is 1.85 bits per heavy atom. The van der Waals surface area contributed by atoms with E-state index in [-0.39, 0.29) is 5.84 Å². The minimum atomic E-state index is 0.252. The van der Waals surface area contributed by atoms with Crippen LogP contribution in [0.15, 0.2) is 29.4 Å². The SMILES string of the molecule is CC(=N)c1ccccc1/C(N)=N/N. The molecule has 0 aromatic heterocycles. The summed E-state index contributed by atoms with van der Waals surface area (Å²) in [6, 6.07) is 7.29. The molecular formula is C9H12N4. The third kappa shape index (κ3) is 1.84. The lowest BCUT2D eigenvalue weighted by atomic mass is 10.0. The second-order valence-electron chi connectivity index (χ2n) is 2.68. The Morgan fingerprint density at radius 3 is 2.31 bits per heavy atom. The van der Waals surface area contributed by atoms with E-state index in [1.165, 1.54) is 0 Å². The lowest BCUT2D eigenvalue weighted by molar-refractivity contribution is 1.23. The molecule has 0 aliphatic carbocycles. The molecule has 1 rings (SSSR count). The summed E-state index contributed by atoms with van der Waals surface area (Å²) in [5.41, 5.74) is 7.47. The van der Waals surface area contributed by atoms with Crippen LogP contribution >= 0.6 is 0 Å². The molecule has 0 spiro atoms. The van der Waals surface area contributed by atoms with E-state index in [0.717, 1.165) is 5.56 Å². The Hall–Kier alpha value is -1.84. The molecule has 1 aromatic rings. The minimum absolute atomic E-state index is 0.252. The fraction of sp³-hybridized carbons (Fsp3) is 0.111. The smallest absolute Gasteiger partial charge is 0.150 e. The Kier molecular flexibility index (Phi) is 2.64. The number of hydrogen-bond donors (Lipinski definition) is 3. The van der Waals surface area contributed by atoms with Crippen molar-refractivity contribution in [2.24, 2.45) is 16.7 Å². The molecule has 0 saturated heterocycles. The van der Waals surface area contributed by atoms with Crippen molar-refractivity contribution in [2.75, 3.05) is 0 Å². The highest BCUT2D eigenvalue weighted by atomic mass is 15.2. The number of benzene rings is 1. The Morgan fingerprint density at radius 1 is 1.31 bits per heavy atom. The lowest BCUT2D eigenvalue weighted by Crippen LogP contribution is -2.18. The topological polar surface area (TPSA) is 88.2 Å². The number of hydrazone groups is 1. The predicted octanol–water partition coefficient (Wildman–Crippen LogP) is 0.653. The van der Waals surface area contributed by atoms with E-state index < -0.39 is 0 Å². The van der Waals surface area contributed by atoms with Gasteiger partial charge in [-0.1, -0.05) is 24.3 Å². The molecule has 1 aromatic carbocycles. The second-order valence-corrected chi connectivity index (χ2v) is 2.68. The molecule has 13 heavy (non-hydrogen) atoms. The molecule has 0 radical (unpaired) electrons. The summed E-state index contributed by atoms with van der Waals surface area (Å²) in [5.74, 6) is 5.32. The maximum atomic E-state index is 7.49. The van der Waals surface area contributed by atoms with Crippen molar-refractivity contribution >= 4 is 11.5 Å². The summed E-state index contributed by atoms with van der Waals surface area (Å²) < 4.78 is 0. The summed E-state index contributed by atoms with van der Waals surface area (Å²) in [6.45, 7) is 1.70. The summed E-state index contributed by atoms with van der Waals surface area (Å²) in [6.07, 6.45) is 0. The molecule has 4 nitrogen and oxygen atoms in total. The van der Waals surface area contributed by atoms with E-state index in [2.05, 4.69) is 5.10 Å². The second kappa shape index (κ2) is 3.71. The van der Waals surface area contributed by atoms with Crippen LogP contribution in [-0.4, -0.2) is 11.5 Å². The van der Waals surface area contributed by atoms with Gasteiger partial charge in [0.2, 0.25) is 0 Å². The van der Waals surface area contributed by atoms with Crippen molar-refractivity contribution in [1.82, 2.24) is 0 Å². The summed E-state index contributed by atoms with van der Waals surface area (Å²) in [4.78, 5) is 0. The molecule has 0 fully saturated rings. The lowest BCUT2D eigenvalue weighted by Gasteiger charge is -2.05. The van der Waals surface area contributed by atoms with E-state index in [1.54, 1.807) is 13.0 Å². The molecule has 0 amide bonds. The van der Waals surface area contributed by atoms with Crippen LogP contribution in [0.4, 0.5) is 0 Å². The van der Waals surface area contributed by atoms with Crippen LogP contribution in [0.3, 0.4) is 0 Å². The van der Waals surface area contributed by atoms with Gasteiger partial charge in [0.25, 0.3) is 0 Å². The van der Waals surface area contributed by atoms with Gasteiger partial charge in [-0.3, -0.25) is 0 Å². The van der Waals surface area contributed by atoms with E-state index in [9.17, 15) is 0 Å². The van der Waals surface area contributed by atoms with E-state index in [1.807, 2.05) is 18.2 Å². The van der Waals surface area contributed by atoms with Crippen molar-refractivity contribution in [2.45, 2.75) is 6.92 Å². The first-order valence-corrected chi connectivity index (χ1v) is 3.85. The van der Waals surface area contributed by atoms with Crippen molar-refractivity contribution in [3.05, 3.63) is 35.4 Å². The van der Waals surface area contributed by atoms with Crippen LogP contribution in [-0.2, 0) is 0 Å². The maximum absolute atomic E-state index is 7.49. The maximum Gasteiger partial charge on any atom is 0.150 e. The zero-order valence-electron chi connectivity index (χ0n) is 7.41. The number of nitrogens with two attached hydrogens (primary N) is 2. The van der Waals surface area contributed by atoms with E-state index in [0.29, 0.717) is 11.3 Å². The van der Waals surface area contributed by atoms with Crippen LogP contribution in [0.1, 0.15) is 18.1 Å². The number of amidine groups is 1. The molecule has 5 N–H and O–H groups in total. The summed E-state index contributed by atoms with van der Waals surface area (Å²) in [5, 5.41) is 10.9.